The van der Waals surface area contributed by atoms with Crippen LogP contribution in [0.3, 0.4) is 0 Å². The van der Waals surface area contributed by atoms with Crippen LogP contribution in [-0.4, -0.2) is 34.1 Å². The molecule has 1 aliphatic rings. The highest BCUT2D eigenvalue weighted by atomic mass is 15.2. The first-order valence-electron chi connectivity index (χ1n) is 9.91. The quantitative estimate of drug-likeness (QED) is 0.580. The minimum absolute atomic E-state index is 0.456. The lowest BCUT2D eigenvalue weighted by atomic mass is 9.64. The highest BCUT2D eigenvalue weighted by molar-refractivity contribution is 5.79. The first-order chi connectivity index (χ1) is 13.0. The van der Waals surface area contributed by atoms with Crippen molar-refractivity contribution >= 4 is 5.96 Å². The van der Waals surface area contributed by atoms with Crippen LogP contribution >= 0.6 is 0 Å². The van der Waals surface area contributed by atoms with E-state index in [2.05, 4.69) is 45.5 Å². The Morgan fingerprint density at radius 2 is 2.07 bits per heavy atom. The van der Waals surface area contributed by atoms with Gasteiger partial charge in [0.25, 0.3) is 0 Å². The Morgan fingerprint density at radius 3 is 2.59 bits per heavy atom. The molecule has 2 aromatic heterocycles. The van der Waals surface area contributed by atoms with Gasteiger partial charge in [-0.3, -0.25) is 9.56 Å². The summed E-state index contributed by atoms with van der Waals surface area (Å²) in [6, 6.07) is 4.11. The number of guanidine groups is 1. The van der Waals surface area contributed by atoms with E-state index in [1.165, 1.54) is 25.7 Å². The molecule has 3 rings (SSSR count). The molecule has 0 radical (unpaired) electrons. The van der Waals surface area contributed by atoms with Gasteiger partial charge in [0.2, 0.25) is 0 Å². The number of pyridine rings is 1. The van der Waals surface area contributed by atoms with Crippen molar-refractivity contribution < 1.29 is 0 Å². The number of nitrogens with one attached hydrogen (secondary N) is 2. The molecule has 0 bridgehead atoms. The van der Waals surface area contributed by atoms with Crippen molar-refractivity contribution in [1.29, 1.82) is 0 Å². The van der Waals surface area contributed by atoms with Gasteiger partial charge in [0.1, 0.15) is 11.6 Å². The third-order valence-corrected chi connectivity index (χ3v) is 5.45. The Morgan fingerprint density at radius 1 is 1.26 bits per heavy atom. The summed E-state index contributed by atoms with van der Waals surface area (Å²) >= 11 is 0. The Kier molecular flexibility index (Phi) is 6.14. The van der Waals surface area contributed by atoms with Gasteiger partial charge in [-0.2, -0.15) is 0 Å². The number of aliphatic imine (C=N–C) groups is 1. The van der Waals surface area contributed by atoms with Crippen LogP contribution in [-0.2, 0) is 6.54 Å². The molecule has 0 atom stereocenters. The van der Waals surface area contributed by atoms with Gasteiger partial charge < -0.3 is 10.6 Å². The number of hydrogen-bond donors (Lipinski definition) is 2. The van der Waals surface area contributed by atoms with Crippen LogP contribution in [0.4, 0.5) is 0 Å². The van der Waals surface area contributed by atoms with Crippen molar-refractivity contribution in [2.24, 2.45) is 16.3 Å². The summed E-state index contributed by atoms with van der Waals surface area (Å²) in [6.45, 7) is 8.31. The van der Waals surface area contributed by atoms with Gasteiger partial charge in [-0.1, -0.05) is 26.3 Å². The maximum absolute atomic E-state index is 4.55. The number of rotatable bonds is 7. The smallest absolute Gasteiger partial charge is 0.191 e. The molecule has 27 heavy (non-hydrogen) atoms. The second kappa shape index (κ2) is 8.55. The third kappa shape index (κ3) is 4.87. The Bertz CT molecular complexity index is 755. The van der Waals surface area contributed by atoms with Gasteiger partial charge in [0.15, 0.2) is 5.96 Å². The Balaban J connectivity index is 1.51. The largest absolute Gasteiger partial charge is 0.356 e. The predicted molar refractivity (Wildman–Crippen MR) is 110 cm³/mol. The van der Waals surface area contributed by atoms with Gasteiger partial charge in [-0.15, -0.1) is 0 Å². The van der Waals surface area contributed by atoms with Crippen LogP contribution in [0.1, 0.15) is 50.9 Å². The topological polar surface area (TPSA) is 67.1 Å². The third-order valence-electron chi connectivity index (χ3n) is 5.45. The van der Waals surface area contributed by atoms with Gasteiger partial charge in [-0.05, 0) is 49.1 Å². The number of imidazole rings is 1. The van der Waals surface area contributed by atoms with E-state index >= 15 is 0 Å². The number of nitrogens with zero attached hydrogens (tertiary/aromatic N) is 4. The first-order valence-corrected chi connectivity index (χ1v) is 9.91. The summed E-state index contributed by atoms with van der Waals surface area (Å²) in [5, 5.41) is 6.94. The van der Waals surface area contributed by atoms with Crippen LogP contribution in [0.5, 0.6) is 0 Å². The summed E-state index contributed by atoms with van der Waals surface area (Å²) in [7, 11) is 1.83. The molecule has 0 unspecified atom stereocenters. The second-order valence-electron chi connectivity index (χ2n) is 8.10. The average molecular weight is 369 g/mol. The van der Waals surface area contributed by atoms with Gasteiger partial charge in [-0.25, -0.2) is 9.97 Å². The van der Waals surface area contributed by atoms with Crippen LogP contribution in [0.2, 0.25) is 0 Å². The summed E-state index contributed by atoms with van der Waals surface area (Å²) in [6.07, 6.45) is 10.9. The Labute approximate surface area is 162 Å². The van der Waals surface area contributed by atoms with Gasteiger partial charge >= 0.3 is 0 Å². The van der Waals surface area contributed by atoms with Crippen LogP contribution in [0, 0.1) is 18.3 Å². The van der Waals surface area contributed by atoms with E-state index in [4.69, 9.17) is 0 Å². The molecule has 1 saturated carbocycles. The number of aromatic nitrogens is 3. The van der Waals surface area contributed by atoms with Gasteiger partial charge in [0, 0.05) is 38.7 Å². The zero-order chi connectivity index (χ0) is 19.3. The van der Waals surface area contributed by atoms with E-state index in [0.717, 1.165) is 35.6 Å². The Hall–Kier alpha value is -2.37. The van der Waals surface area contributed by atoms with E-state index in [0.29, 0.717) is 12.0 Å². The summed E-state index contributed by atoms with van der Waals surface area (Å²) in [4.78, 5) is 13.2. The fourth-order valence-corrected chi connectivity index (χ4v) is 3.96. The van der Waals surface area contributed by atoms with E-state index in [1.807, 2.05) is 37.0 Å². The molecule has 146 valence electrons. The molecule has 0 saturated heterocycles. The fourth-order valence-electron chi connectivity index (χ4n) is 3.96. The second-order valence-corrected chi connectivity index (χ2v) is 8.10. The SMILES string of the molecule is CN=C(NCc1ccc(-n2ccnc2C)nc1)NCC1(CC(C)C)CCC1. The maximum Gasteiger partial charge on any atom is 0.191 e. The van der Waals surface area contributed by atoms with Crippen LogP contribution in [0.25, 0.3) is 5.82 Å². The average Bonchev–Trinajstić information content (AvgIpc) is 3.05. The molecule has 0 aromatic carbocycles. The molecule has 2 aromatic rings. The van der Waals surface area contributed by atoms with Gasteiger partial charge in [0.05, 0.1) is 0 Å². The van der Waals surface area contributed by atoms with Crippen molar-refractivity contribution in [3.63, 3.8) is 0 Å². The van der Waals surface area contributed by atoms with E-state index in [1.54, 1.807) is 6.20 Å². The minimum Gasteiger partial charge on any atom is -0.356 e. The van der Waals surface area contributed by atoms with Crippen molar-refractivity contribution in [2.45, 2.75) is 53.0 Å². The first kappa shape index (κ1) is 19.4. The van der Waals surface area contributed by atoms with Crippen molar-refractivity contribution in [3.05, 3.63) is 42.1 Å². The monoisotopic (exact) mass is 368 g/mol. The molecular weight excluding hydrogens is 336 g/mol. The fraction of sp³-hybridized carbons (Fsp3) is 0.571. The van der Waals surface area contributed by atoms with Crippen molar-refractivity contribution in [1.82, 2.24) is 25.2 Å². The summed E-state index contributed by atoms with van der Waals surface area (Å²) < 4.78 is 1.98. The predicted octanol–water partition coefficient (Wildman–Crippen LogP) is 3.46. The molecule has 0 amide bonds. The van der Waals surface area contributed by atoms with E-state index in [-0.39, 0.29) is 0 Å². The standard InChI is InChI=1S/C21H32N6/c1-16(2)12-21(8-5-9-21)15-26-20(22-4)25-14-18-6-7-19(24-13-18)27-11-10-23-17(27)3/h6-7,10-11,13,16H,5,8-9,12,14-15H2,1-4H3,(H2,22,25,26). The maximum atomic E-state index is 4.55. The van der Waals surface area contributed by atoms with Crippen LogP contribution in [0.15, 0.2) is 35.7 Å². The molecule has 6 nitrogen and oxygen atoms in total. The zero-order valence-electron chi connectivity index (χ0n) is 17.0. The minimum atomic E-state index is 0.456. The number of hydrogen-bond acceptors (Lipinski definition) is 3. The van der Waals surface area contributed by atoms with Crippen molar-refractivity contribution in [3.8, 4) is 5.82 Å². The summed E-state index contributed by atoms with van der Waals surface area (Å²) in [5.41, 5.74) is 1.58. The lowest BCUT2D eigenvalue weighted by Crippen LogP contribution is -2.46. The number of aryl methyl sites for hydroxylation is 1. The highest BCUT2D eigenvalue weighted by Crippen LogP contribution is 2.45. The van der Waals surface area contributed by atoms with E-state index < -0.39 is 0 Å². The molecule has 2 N–H and O–H groups in total. The van der Waals surface area contributed by atoms with E-state index in [9.17, 15) is 0 Å². The van der Waals surface area contributed by atoms with Crippen molar-refractivity contribution in [2.75, 3.05) is 13.6 Å². The lowest BCUT2D eigenvalue weighted by molar-refractivity contribution is 0.104. The molecule has 1 aliphatic carbocycles. The molecule has 2 heterocycles. The molecule has 6 heteroatoms. The van der Waals surface area contributed by atoms with Crippen LogP contribution < -0.4 is 10.6 Å². The molecule has 0 aliphatic heterocycles. The highest BCUT2D eigenvalue weighted by Gasteiger charge is 2.37. The normalized spacial score (nSPS) is 16.3. The zero-order valence-corrected chi connectivity index (χ0v) is 17.0. The molecular formula is C21H32N6. The molecule has 1 fully saturated rings. The molecule has 0 spiro atoms. The summed E-state index contributed by atoms with van der Waals surface area (Å²) in [5.74, 6) is 3.42. The lowest BCUT2D eigenvalue weighted by Gasteiger charge is -2.43.